The number of para-hydroxylation sites is 1. The van der Waals surface area contributed by atoms with Crippen molar-refractivity contribution < 1.29 is 28.0 Å². The number of piperidine rings is 1. The van der Waals surface area contributed by atoms with E-state index in [0.717, 1.165) is 12.8 Å². The van der Waals surface area contributed by atoms with E-state index in [2.05, 4.69) is 15.3 Å². The van der Waals surface area contributed by atoms with Gasteiger partial charge in [0.05, 0.1) is 12.2 Å². The molecule has 1 saturated heterocycles. The summed E-state index contributed by atoms with van der Waals surface area (Å²) in [6, 6.07) is 7.19. The van der Waals surface area contributed by atoms with Gasteiger partial charge in [-0.05, 0) is 56.1 Å². The first kappa shape index (κ1) is 26.1. The molecular weight excluding hydrogens is 514 g/mol. The van der Waals surface area contributed by atoms with Crippen LogP contribution in [-0.4, -0.2) is 76.8 Å². The molecule has 3 amide bonds. The molecule has 0 bridgehead atoms. The third-order valence-electron chi connectivity index (χ3n) is 8.22. The molecule has 1 aliphatic carbocycles. The van der Waals surface area contributed by atoms with Crippen LogP contribution < -0.4 is 10.1 Å². The maximum atomic E-state index is 13.2. The van der Waals surface area contributed by atoms with Crippen molar-refractivity contribution in [1.29, 1.82) is 0 Å². The van der Waals surface area contributed by atoms with Crippen LogP contribution in [0.3, 0.4) is 0 Å². The van der Waals surface area contributed by atoms with Gasteiger partial charge < -0.3 is 28.7 Å². The van der Waals surface area contributed by atoms with Gasteiger partial charge in [-0.15, -0.1) is 0 Å². The average Bonchev–Trinajstić information content (AvgIpc) is 3.45. The Kier molecular flexibility index (Phi) is 7.27. The lowest BCUT2D eigenvalue weighted by Gasteiger charge is -2.42. The van der Waals surface area contributed by atoms with Crippen LogP contribution in [0.5, 0.6) is 5.75 Å². The van der Waals surface area contributed by atoms with E-state index in [0.29, 0.717) is 93.8 Å². The molecule has 1 N–H and O–H groups in total. The van der Waals surface area contributed by atoms with E-state index in [1.54, 1.807) is 17.0 Å². The van der Waals surface area contributed by atoms with Crippen LogP contribution in [0.25, 0.3) is 0 Å². The predicted octanol–water partition coefficient (Wildman–Crippen LogP) is 3.51. The van der Waals surface area contributed by atoms with Gasteiger partial charge >= 0.3 is 0 Å². The highest BCUT2D eigenvalue weighted by molar-refractivity contribution is 5.97. The number of nitrogens with one attached hydrogen (secondary N) is 1. The summed E-state index contributed by atoms with van der Waals surface area (Å²) in [5.74, 6) is 0.977. The molecule has 11 nitrogen and oxygen atoms in total. The molecule has 11 heteroatoms. The van der Waals surface area contributed by atoms with Crippen LogP contribution >= 0.6 is 0 Å². The molecule has 0 unspecified atom stereocenters. The van der Waals surface area contributed by atoms with Crippen LogP contribution in [0.2, 0.25) is 0 Å². The van der Waals surface area contributed by atoms with Crippen molar-refractivity contribution in [1.82, 2.24) is 25.1 Å². The zero-order valence-electron chi connectivity index (χ0n) is 22.3. The van der Waals surface area contributed by atoms with Crippen molar-refractivity contribution >= 4 is 17.7 Å². The second kappa shape index (κ2) is 11.1. The summed E-state index contributed by atoms with van der Waals surface area (Å²) in [5, 5.41) is 3.13. The SMILES string of the molecule is O=C1NCC2(CCN(C(=O)c3cocn3)CCCOc3ccccc31)CCN(C(=O)c1coc(C3CC3)n1)CC2. The van der Waals surface area contributed by atoms with E-state index in [9.17, 15) is 14.4 Å². The lowest BCUT2D eigenvalue weighted by Crippen LogP contribution is -2.49. The van der Waals surface area contributed by atoms with Crippen molar-refractivity contribution in [2.45, 2.75) is 44.4 Å². The fourth-order valence-electron chi connectivity index (χ4n) is 5.51. The summed E-state index contributed by atoms with van der Waals surface area (Å²) in [5.41, 5.74) is 0.790. The Bertz CT molecular complexity index is 1360. The Hall–Kier alpha value is -4.15. The molecule has 1 aromatic carbocycles. The van der Waals surface area contributed by atoms with E-state index < -0.39 is 0 Å². The van der Waals surface area contributed by atoms with Gasteiger partial charge in [0.1, 0.15) is 18.3 Å². The molecule has 0 radical (unpaired) electrons. The Morgan fingerprint density at radius 2 is 1.68 bits per heavy atom. The normalized spacial score (nSPS) is 19.9. The van der Waals surface area contributed by atoms with Crippen molar-refractivity contribution in [3.8, 4) is 5.75 Å². The first-order valence-electron chi connectivity index (χ1n) is 13.9. The highest BCUT2D eigenvalue weighted by Gasteiger charge is 2.38. The number of oxazole rings is 2. The molecule has 210 valence electrons. The van der Waals surface area contributed by atoms with E-state index in [4.69, 9.17) is 13.6 Å². The minimum atomic E-state index is -0.304. The number of benzene rings is 1. The largest absolute Gasteiger partial charge is 0.493 e. The number of ether oxygens (including phenoxy) is 1. The van der Waals surface area contributed by atoms with Gasteiger partial charge in [0.2, 0.25) is 0 Å². The molecule has 0 atom stereocenters. The molecular formula is C29H33N5O6. The van der Waals surface area contributed by atoms with Gasteiger partial charge in [-0.1, -0.05) is 12.1 Å². The van der Waals surface area contributed by atoms with Crippen LogP contribution in [-0.2, 0) is 0 Å². The van der Waals surface area contributed by atoms with Gasteiger partial charge in [-0.3, -0.25) is 14.4 Å². The highest BCUT2D eigenvalue weighted by atomic mass is 16.5. The summed E-state index contributed by atoms with van der Waals surface area (Å²) in [4.78, 5) is 51.7. The summed E-state index contributed by atoms with van der Waals surface area (Å²) < 4.78 is 16.5. The Morgan fingerprint density at radius 1 is 0.950 bits per heavy atom. The summed E-state index contributed by atoms with van der Waals surface area (Å²) >= 11 is 0. The molecule has 2 aromatic heterocycles. The van der Waals surface area contributed by atoms with Gasteiger partial charge in [-0.25, -0.2) is 9.97 Å². The van der Waals surface area contributed by atoms with Gasteiger partial charge in [-0.2, -0.15) is 0 Å². The molecule has 3 aliphatic rings. The maximum absolute atomic E-state index is 13.2. The first-order valence-corrected chi connectivity index (χ1v) is 13.9. The first-order chi connectivity index (χ1) is 19.5. The van der Waals surface area contributed by atoms with Crippen molar-refractivity contribution in [2.24, 2.45) is 5.41 Å². The molecule has 40 heavy (non-hydrogen) atoms. The lowest BCUT2D eigenvalue weighted by atomic mass is 9.75. The van der Waals surface area contributed by atoms with Crippen LogP contribution in [0.4, 0.5) is 0 Å². The third-order valence-corrected chi connectivity index (χ3v) is 8.22. The fraction of sp³-hybridized carbons (Fsp3) is 0.483. The Balaban J connectivity index is 1.20. The van der Waals surface area contributed by atoms with E-state index in [1.807, 2.05) is 17.0 Å². The molecule has 1 spiro atoms. The van der Waals surface area contributed by atoms with Crippen LogP contribution in [0.15, 0.2) is 52.0 Å². The molecule has 3 aromatic rings. The van der Waals surface area contributed by atoms with Crippen LogP contribution in [0.1, 0.15) is 81.7 Å². The minimum Gasteiger partial charge on any atom is -0.493 e. The topological polar surface area (TPSA) is 131 Å². The highest BCUT2D eigenvalue weighted by Crippen LogP contribution is 2.40. The molecule has 6 rings (SSSR count). The van der Waals surface area contributed by atoms with Gasteiger partial charge in [0, 0.05) is 38.6 Å². The Labute approximate surface area is 231 Å². The standard InChI is InChI=1S/C29H33N5O6/c35-25-21-4-1-2-5-24(21)39-15-3-11-33(27(36)22-16-38-19-31-22)12-8-29(18-30-25)9-13-34(14-10-29)28(37)23-17-40-26(32-23)20-6-7-20/h1-2,4-5,16-17,19-20H,3,6-15,18H2,(H,30,35). The zero-order chi connectivity index (χ0) is 27.5. The van der Waals surface area contributed by atoms with Gasteiger partial charge in [0.25, 0.3) is 17.7 Å². The lowest BCUT2D eigenvalue weighted by molar-refractivity contribution is 0.0488. The van der Waals surface area contributed by atoms with Gasteiger partial charge in [0.15, 0.2) is 23.7 Å². The summed E-state index contributed by atoms with van der Waals surface area (Å²) in [7, 11) is 0. The third kappa shape index (κ3) is 5.59. The average molecular weight is 548 g/mol. The second-order valence-electron chi connectivity index (χ2n) is 10.9. The number of hydrogen-bond donors (Lipinski definition) is 1. The summed E-state index contributed by atoms with van der Waals surface area (Å²) in [6.07, 6.45) is 8.79. The predicted molar refractivity (Wildman–Crippen MR) is 142 cm³/mol. The van der Waals surface area contributed by atoms with Crippen molar-refractivity contribution in [3.05, 3.63) is 66.0 Å². The van der Waals surface area contributed by atoms with Crippen molar-refractivity contribution in [2.75, 3.05) is 39.3 Å². The molecule has 1 saturated carbocycles. The van der Waals surface area contributed by atoms with E-state index >= 15 is 0 Å². The molecule has 4 heterocycles. The number of aromatic nitrogens is 2. The maximum Gasteiger partial charge on any atom is 0.275 e. The fourth-order valence-corrected chi connectivity index (χ4v) is 5.51. The summed E-state index contributed by atoms with van der Waals surface area (Å²) in [6.45, 7) is 2.79. The minimum absolute atomic E-state index is 0.131. The number of fused-ring (bicyclic) bond motifs is 1. The quantitative estimate of drug-likeness (QED) is 0.527. The number of nitrogens with zero attached hydrogens (tertiary/aromatic N) is 4. The number of likely N-dealkylation sites (tertiary alicyclic amines) is 1. The van der Waals surface area contributed by atoms with Crippen LogP contribution in [0, 0.1) is 5.41 Å². The monoisotopic (exact) mass is 547 g/mol. The number of carbonyl (C=O) groups excluding carboxylic acids is 3. The second-order valence-corrected chi connectivity index (χ2v) is 10.9. The molecule has 2 fully saturated rings. The number of rotatable bonds is 3. The van der Waals surface area contributed by atoms with E-state index in [1.165, 1.54) is 18.9 Å². The smallest absolute Gasteiger partial charge is 0.275 e. The number of amides is 3. The van der Waals surface area contributed by atoms with Crippen molar-refractivity contribution in [3.63, 3.8) is 0 Å². The number of hydrogen-bond acceptors (Lipinski definition) is 8. The molecule has 2 aliphatic heterocycles. The zero-order valence-corrected chi connectivity index (χ0v) is 22.3. The number of carbonyl (C=O) groups is 3. The Morgan fingerprint density at radius 3 is 2.40 bits per heavy atom. The van der Waals surface area contributed by atoms with E-state index in [-0.39, 0.29) is 28.8 Å².